The maximum atomic E-state index is 6.57. The lowest BCUT2D eigenvalue weighted by atomic mass is 9.88. The topological polar surface area (TPSA) is 31.0 Å². The van der Waals surface area contributed by atoms with Crippen molar-refractivity contribution < 1.29 is 4.42 Å². The first-order valence-electron chi connectivity index (χ1n) is 23.2. The second-order valence-electron chi connectivity index (χ2n) is 17.4. The molecule has 13 aromatic rings. The first kappa shape index (κ1) is 39.3. The predicted octanol–water partition coefficient (Wildman–Crippen LogP) is 17.7. The average Bonchev–Trinajstić information content (AvgIpc) is 3.97. The summed E-state index contributed by atoms with van der Waals surface area (Å²) in [7, 11) is 0. The van der Waals surface area contributed by atoms with Crippen LogP contribution in [0.4, 0.5) is 0 Å². The largest absolute Gasteiger partial charge is 0.455 e. The van der Waals surface area contributed by atoms with Crippen LogP contribution >= 0.6 is 0 Å². The minimum absolute atomic E-state index is 0.866. The summed E-state index contributed by atoms with van der Waals surface area (Å²) in [5.41, 5.74) is 19.8. The van der Waals surface area contributed by atoms with Crippen LogP contribution in [0.2, 0.25) is 0 Å². The molecular formula is C65H42N2O. The summed E-state index contributed by atoms with van der Waals surface area (Å²) in [4.78, 5) is 5.50. The summed E-state index contributed by atoms with van der Waals surface area (Å²) in [5.74, 6) is 0.866. The Morgan fingerprint density at radius 1 is 0.279 bits per heavy atom. The van der Waals surface area contributed by atoms with Gasteiger partial charge in [-0.3, -0.25) is 4.57 Å². The summed E-state index contributed by atoms with van der Waals surface area (Å²) >= 11 is 0. The number of para-hydroxylation sites is 3. The van der Waals surface area contributed by atoms with Crippen molar-refractivity contribution in [1.82, 2.24) is 9.55 Å². The molecule has 3 heteroatoms. The number of pyridine rings is 1. The van der Waals surface area contributed by atoms with E-state index in [4.69, 9.17) is 9.40 Å². The summed E-state index contributed by atoms with van der Waals surface area (Å²) in [6.07, 6.45) is 0. The molecule has 0 amide bonds. The number of hydrogen-bond donors (Lipinski definition) is 0. The molecule has 3 heterocycles. The maximum Gasteiger partial charge on any atom is 0.143 e. The fourth-order valence-corrected chi connectivity index (χ4v) is 10.2. The normalized spacial score (nSPS) is 11.5. The number of furan rings is 1. The van der Waals surface area contributed by atoms with Crippen LogP contribution in [0.1, 0.15) is 0 Å². The first-order chi connectivity index (χ1) is 33.7. The van der Waals surface area contributed by atoms with E-state index in [2.05, 4.69) is 253 Å². The third-order valence-electron chi connectivity index (χ3n) is 13.5. The van der Waals surface area contributed by atoms with Gasteiger partial charge in [0.15, 0.2) is 0 Å². The lowest BCUT2D eigenvalue weighted by Gasteiger charge is -2.15. The van der Waals surface area contributed by atoms with Gasteiger partial charge in [-0.15, -0.1) is 0 Å². The van der Waals surface area contributed by atoms with Crippen molar-refractivity contribution in [3.63, 3.8) is 0 Å². The van der Waals surface area contributed by atoms with E-state index in [0.717, 1.165) is 94.6 Å². The minimum atomic E-state index is 0.866. The molecule has 0 aliphatic heterocycles. The Hall–Kier alpha value is -9.05. The molecule has 0 aliphatic rings. The van der Waals surface area contributed by atoms with E-state index in [1.54, 1.807) is 0 Å². The van der Waals surface area contributed by atoms with Crippen molar-refractivity contribution in [2.24, 2.45) is 0 Å². The Labute approximate surface area is 394 Å². The van der Waals surface area contributed by atoms with Gasteiger partial charge in [-0.05, 0) is 97.6 Å². The van der Waals surface area contributed by atoms with Gasteiger partial charge in [0, 0.05) is 32.7 Å². The quantitative estimate of drug-likeness (QED) is 0.152. The van der Waals surface area contributed by atoms with Crippen LogP contribution in [0.5, 0.6) is 0 Å². The van der Waals surface area contributed by atoms with E-state index >= 15 is 0 Å². The number of fused-ring (bicyclic) bond motifs is 6. The molecule has 0 atom stereocenters. The lowest BCUT2D eigenvalue weighted by Crippen LogP contribution is -2.00. The van der Waals surface area contributed by atoms with Crippen molar-refractivity contribution in [3.8, 4) is 83.8 Å². The van der Waals surface area contributed by atoms with E-state index in [-0.39, 0.29) is 0 Å². The van der Waals surface area contributed by atoms with Crippen molar-refractivity contribution >= 4 is 43.7 Å². The van der Waals surface area contributed by atoms with Gasteiger partial charge in [0.05, 0.1) is 16.7 Å². The SMILES string of the molecule is c1ccc(-c2ccc(-c3cc(-c4ccc(-c5ccccc5)cc4)nc(-n4c5ccccc5c5cc(-c6ccccc6-c6ccccc6-c6cccc7c6oc6ccccc67)ccc54)c3)cc2)cc1. The number of aromatic nitrogens is 2. The highest BCUT2D eigenvalue weighted by molar-refractivity contribution is 6.12. The summed E-state index contributed by atoms with van der Waals surface area (Å²) in [6, 6.07) is 91.2. The highest BCUT2D eigenvalue weighted by Crippen LogP contribution is 2.44. The molecule has 0 spiro atoms. The second kappa shape index (κ2) is 16.4. The molecule has 318 valence electrons. The van der Waals surface area contributed by atoms with E-state index in [9.17, 15) is 0 Å². The Morgan fingerprint density at radius 3 is 1.44 bits per heavy atom. The monoisotopic (exact) mass is 866 g/mol. The van der Waals surface area contributed by atoms with Crippen LogP contribution < -0.4 is 0 Å². The summed E-state index contributed by atoms with van der Waals surface area (Å²) in [6.45, 7) is 0. The molecule has 0 aliphatic carbocycles. The van der Waals surface area contributed by atoms with Crippen LogP contribution in [-0.2, 0) is 0 Å². The zero-order valence-corrected chi connectivity index (χ0v) is 37.1. The molecule has 0 bridgehead atoms. The van der Waals surface area contributed by atoms with Gasteiger partial charge >= 0.3 is 0 Å². The highest BCUT2D eigenvalue weighted by Gasteiger charge is 2.20. The molecule has 3 aromatic heterocycles. The van der Waals surface area contributed by atoms with Crippen LogP contribution in [-0.4, -0.2) is 9.55 Å². The Morgan fingerprint density at radius 2 is 0.750 bits per heavy atom. The Bertz CT molecular complexity index is 3890. The molecule has 0 N–H and O–H groups in total. The number of benzene rings is 10. The van der Waals surface area contributed by atoms with Crippen molar-refractivity contribution in [2.75, 3.05) is 0 Å². The number of hydrogen-bond acceptors (Lipinski definition) is 2. The maximum absolute atomic E-state index is 6.57. The Kier molecular flexibility index (Phi) is 9.50. The fraction of sp³-hybridized carbons (Fsp3) is 0. The molecule has 3 nitrogen and oxygen atoms in total. The van der Waals surface area contributed by atoms with E-state index < -0.39 is 0 Å². The summed E-state index contributed by atoms with van der Waals surface area (Å²) < 4.78 is 8.91. The number of rotatable bonds is 8. The molecule has 68 heavy (non-hydrogen) atoms. The minimum Gasteiger partial charge on any atom is -0.455 e. The van der Waals surface area contributed by atoms with Gasteiger partial charge in [0.2, 0.25) is 0 Å². The van der Waals surface area contributed by atoms with Crippen molar-refractivity contribution in [2.45, 2.75) is 0 Å². The third kappa shape index (κ3) is 6.80. The molecule has 0 fully saturated rings. The molecule has 13 rings (SSSR count). The predicted molar refractivity (Wildman–Crippen MR) is 284 cm³/mol. The molecule has 10 aromatic carbocycles. The van der Waals surface area contributed by atoms with Crippen LogP contribution in [0.15, 0.2) is 259 Å². The van der Waals surface area contributed by atoms with Crippen molar-refractivity contribution in [1.29, 1.82) is 0 Å². The fourth-order valence-electron chi connectivity index (χ4n) is 10.2. The zero-order valence-electron chi connectivity index (χ0n) is 37.1. The van der Waals surface area contributed by atoms with Crippen LogP contribution in [0.3, 0.4) is 0 Å². The van der Waals surface area contributed by atoms with Crippen LogP contribution in [0, 0.1) is 0 Å². The van der Waals surface area contributed by atoms with Crippen molar-refractivity contribution in [3.05, 3.63) is 255 Å². The number of nitrogens with zero attached hydrogens (tertiary/aromatic N) is 2. The average molecular weight is 867 g/mol. The zero-order chi connectivity index (χ0) is 45.0. The van der Waals surface area contributed by atoms with Gasteiger partial charge in [-0.1, -0.05) is 218 Å². The Balaban J connectivity index is 0.956. The summed E-state index contributed by atoms with van der Waals surface area (Å²) in [5, 5.41) is 4.59. The highest BCUT2D eigenvalue weighted by atomic mass is 16.3. The van der Waals surface area contributed by atoms with E-state index in [1.165, 1.54) is 33.0 Å². The molecule has 0 radical (unpaired) electrons. The van der Waals surface area contributed by atoms with Crippen LogP contribution in [0.25, 0.3) is 128 Å². The van der Waals surface area contributed by atoms with Gasteiger partial charge in [0.25, 0.3) is 0 Å². The third-order valence-corrected chi connectivity index (χ3v) is 13.5. The molecule has 0 saturated heterocycles. The molecule has 0 saturated carbocycles. The van der Waals surface area contributed by atoms with Gasteiger partial charge in [0.1, 0.15) is 17.0 Å². The van der Waals surface area contributed by atoms with E-state index in [1.807, 2.05) is 6.07 Å². The van der Waals surface area contributed by atoms with Gasteiger partial charge in [-0.25, -0.2) is 4.98 Å². The first-order valence-corrected chi connectivity index (χ1v) is 23.2. The van der Waals surface area contributed by atoms with Gasteiger partial charge < -0.3 is 4.42 Å². The van der Waals surface area contributed by atoms with E-state index in [0.29, 0.717) is 0 Å². The standard InChI is InChI=1S/C65H42N2O/c1-3-16-43(17-4-1)45-30-32-47(33-31-45)50-41-60(48-36-34-46(35-37-48)44-18-5-2-6-19-44)66-64(42-50)67-61-28-13-11-24-55(61)59-40-49(38-39-62(59)67)51-20-7-8-21-52(51)53-22-9-10-23-54(53)57-26-15-27-58-56-25-12-14-29-63(56)68-65(57)58/h1-42H. The molecule has 0 unspecified atom stereocenters. The van der Waals surface area contributed by atoms with Gasteiger partial charge in [-0.2, -0.15) is 0 Å². The smallest absolute Gasteiger partial charge is 0.143 e. The lowest BCUT2D eigenvalue weighted by molar-refractivity contribution is 0.670. The second-order valence-corrected chi connectivity index (χ2v) is 17.4. The molecular weight excluding hydrogens is 825 g/mol.